The molecule has 0 bridgehead atoms. The van der Waals surface area contributed by atoms with Gasteiger partial charge in [0.15, 0.2) is 10.6 Å². The van der Waals surface area contributed by atoms with Crippen molar-refractivity contribution in [1.29, 1.82) is 0 Å². The molecule has 1 aliphatic heterocycles. The summed E-state index contributed by atoms with van der Waals surface area (Å²) in [6.45, 7) is 5.81. The molecule has 0 saturated carbocycles. The van der Waals surface area contributed by atoms with Gasteiger partial charge in [-0.1, -0.05) is 42.5 Å². The fourth-order valence-electron chi connectivity index (χ4n) is 3.78. The van der Waals surface area contributed by atoms with E-state index in [0.717, 1.165) is 61.3 Å². The second-order valence-corrected chi connectivity index (χ2v) is 8.13. The molecular weight excluding hydrogens is 406 g/mol. The Kier molecular flexibility index (Phi) is 6.96. The van der Waals surface area contributed by atoms with Gasteiger partial charge in [-0.05, 0) is 42.0 Å². The number of rotatable bonds is 7. The Morgan fingerprint density at radius 3 is 2.32 bits per heavy atom. The van der Waals surface area contributed by atoms with Crippen molar-refractivity contribution in [2.45, 2.75) is 6.67 Å². The van der Waals surface area contributed by atoms with Crippen molar-refractivity contribution in [1.82, 2.24) is 24.1 Å². The minimum atomic E-state index is 0.719. The Hall–Kier alpha value is -2.74. The van der Waals surface area contributed by atoms with E-state index < -0.39 is 0 Å². The third kappa shape index (κ3) is 5.31. The van der Waals surface area contributed by atoms with E-state index in [4.69, 9.17) is 22.1 Å². The highest BCUT2D eigenvalue weighted by Crippen LogP contribution is 2.21. The van der Waals surface area contributed by atoms with E-state index in [1.165, 1.54) is 5.56 Å². The molecule has 0 aliphatic carbocycles. The summed E-state index contributed by atoms with van der Waals surface area (Å²) in [4.78, 5) is 4.90. The summed E-state index contributed by atoms with van der Waals surface area (Å²) in [5, 5.41) is 4.80. The van der Waals surface area contributed by atoms with Crippen molar-refractivity contribution in [3.63, 3.8) is 0 Å². The molecule has 3 aromatic rings. The summed E-state index contributed by atoms with van der Waals surface area (Å²) < 4.78 is 9.89. The number of piperazine rings is 1. The van der Waals surface area contributed by atoms with Gasteiger partial charge in [0, 0.05) is 45.3 Å². The van der Waals surface area contributed by atoms with Crippen LogP contribution in [0.1, 0.15) is 5.56 Å². The summed E-state index contributed by atoms with van der Waals surface area (Å²) in [6, 6.07) is 18.4. The molecule has 7 heteroatoms. The molecule has 0 spiro atoms. The molecule has 1 aromatic heterocycles. The normalized spacial score (nSPS) is 15.5. The standard InChI is InChI=1S/C24H29N5OS/c1-26-23(21-10-12-22(30-2)13-11-21)25-29(24(26)31)19-28-17-15-27(16-18-28)14-6-9-20-7-4-3-5-8-20/h3-13H,14-19H2,1-2H3/b9-6+. The summed E-state index contributed by atoms with van der Waals surface area (Å²) in [6.07, 6.45) is 4.45. The lowest BCUT2D eigenvalue weighted by Gasteiger charge is -2.33. The third-order valence-corrected chi connectivity index (χ3v) is 6.15. The molecule has 0 atom stereocenters. The maximum Gasteiger partial charge on any atom is 0.199 e. The van der Waals surface area contributed by atoms with Crippen LogP contribution in [0.2, 0.25) is 0 Å². The molecule has 0 amide bonds. The zero-order chi connectivity index (χ0) is 21.6. The van der Waals surface area contributed by atoms with Crippen LogP contribution in [-0.2, 0) is 13.7 Å². The van der Waals surface area contributed by atoms with Gasteiger partial charge in [-0.3, -0.25) is 9.80 Å². The predicted octanol–water partition coefficient (Wildman–Crippen LogP) is 3.92. The average Bonchev–Trinajstić information content (AvgIpc) is 3.09. The van der Waals surface area contributed by atoms with Gasteiger partial charge in [-0.15, -0.1) is 0 Å². The molecule has 2 heterocycles. The molecular formula is C24H29N5OS. The van der Waals surface area contributed by atoms with E-state index in [-0.39, 0.29) is 0 Å². The number of hydrogen-bond donors (Lipinski definition) is 0. The number of benzene rings is 2. The Morgan fingerprint density at radius 1 is 0.968 bits per heavy atom. The first kappa shape index (κ1) is 21.5. The highest BCUT2D eigenvalue weighted by molar-refractivity contribution is 7.71. The van der Waals surface area contributed by atoms with Gasteiger partial charge >= 0.3 is 0 Å². The zero-order valence-corrected chi connectivity index (χ0v) is 19.0. The van der Waals surface area contributed by atoms with Gasteiger partial charge in [-0.25, -0.2) is 4.68 Å². The van der Waals surface area contributed by atoms with Gasteiger partial charge in [-0.2, -0.15) is 5.10 Å². The van der Waals surface area contributed by atoms with Crippen LogP contribution in [0.5, 0.6) is 5.75 Å². The first-order valence-corrected chi connectivity index (χ1v) is 11.0. The SMILES string of the molecule is COc1ccc(-c2nn(CN3CCN(C/C=C/c4ccccc4)CC3)c(=S)n2C)cc1. The number of methoxy groups -OCH3 is 1. The monoisotopic (exact) mass is 435 g/mol. The zero-order valence-electron chi connectivity index (χ0n) is 18.1. The minimum Gasteiger partial charge on any atom is -0.497 e. The first-order chi connectivity index (χ1) is 15.1. The fraction of sp³-hybridized carbons (Fsp3) is 0.333. The Balaban J connectivity index is 1.33. The van der Waals surface area contributed by atoms with Crippen molar-refractivity contribution < 1.29 is 4.74 Å². The first-order valence-electron chi connectivity index (χ1n) is 10.6. The maximum atomic E-state index is 5.65. The summed E-state index contributed by atoms with van der Waals surface area (Å²) in [5.74, 6) is 1.71. The Morgan fingerprint density at radius 2 is 1.65 bits per heavy atom. The Labute approximate surface area is 189 Å². The van der Waals surface area contributed by atoms with Crippen LogP contribution in [0.3, 0.4) is 0 Å². The van der Waals surface area contributed by atoms with E-state index in [0.29, 0.717) is 0 Å². The van der Waals surface area contributed by atoms with Crippen LogP contribution in [0.15, 0.2) is 60.7 Å². The van der Waals surface area contributed by atoms with Crippen molar-refractivity contribution in [2.24, 2.45) is 7.05 Å². The summed E-state index contributed by atoms with van der Waals surface area (Å²) in [5.41, 5.74) is 2.28. The lowest BCUT2D eigenvalue weighted by Crippen LogP contribution is -2.46. The highest BCUT2D eigenvalue weighted by atomic mass is 32.1. The lowest BCUT2D eigenvalue weighted by atomic mass is 10.2. The second kappa shape index (κ2) is 10.0. The number of aromatic nitrogens is 3. The summed E-state index contributed by atoms with van der Waals surface area (Å²) >= 11 is 5.65. The van der Waals surface area contributed by atoms with Crippen LogP contribution < -0.4 is 4.74 Å². The number of ether oxygens (including phenoxy) is 1. The third-order valence-electron chi connectivity index (χ3n) is 5.66. The molecule has 31 heavy (non-hydrogen) atoms. The van der Waals surface area contributed by atoms with Crippen molar-refractivity contribution in [2.75, 3.05) is 39.8 Å². The predicted molar refractivity (Wildman–Crippen MR) is 128 cm³/mol. The molecule has 162 valence electrons. The van der Waals surface area contributed by atoms with Gasteiger partial charge in [0.1, 0.15) is 5.75 Å². The van der Waals surface area contributed by atoms with E-state index in [9.17, 15) is 0 Å². The van der Waals surface area contributed by atoms with Crippen molar-refractivity contribution in [3.8, 4) is 17.1 Å². The van der Waals surface area contributed by atoms with Gasteiger partial charge in [0.2, 0.25) is 0 Å². The molecule has 4 rings (SSSR count). The number of nitrogens with zero attached hydrogens (tertiary/aromatic N) is 5. The fourth-order valence-corrected chi connectivity index (χ4v) is 3.96. The number of hydrogen-bond acceptors (Lipinski definition) is 5. The molecule has 2 aromatic carbocycles. The summed E-state index contributed by atoms with van der Waals surface area (Å²) in [7, 11) is 3.65. The van der Waals surface area contributed by atoms with E-state index in [1.807, 2.05) is 46.6 Å². The van der Waals surface area contributed by atoms with Crippen molar-refractivity contribution >= 4 is 18.3 Å². The van der Waals surface area contributed by atoms with Crippen LogP contribution >= 0.6 is 12.2 Å². The van der Waals surface area contributed by atoms with Crippen LogP contribution in [0.4, 0.5) is 0 Å². The highest BCUT2D eigenvalue weighted by Gasteiger charge is 2.18. The molecule has 0 unspecified atom stereocenters. The van der Waals surface area contributed by atoms with Gasteiger partial charge in [0.05, 0.1) is 13.8 Å². The average molecular weight is 436 g/mol. The topological polar surface area (TPSA) is 38.5 Å². The molecule has 0 radical (unpaired) electrons. The minimum absolute atomic E-state index is 0.719. The van der Waals surface area contributed by atoms with Crippen LogP contribution in [-0.4, -0.2) is 64.0 Å². The van der Waals surface area contributed by atoms with E-state index in [2.05, 4.69) is 46.2 Å². The quantitative estimate of drug-likeness (QED) is 0.526. The van der Waals surface area contributed by atoms with E-state index in [1.54, 1.807) is 7.11 Å². The van der Waals surface area contributed by atoms with Gasteiger partial charge in [0.25, 0.3) is 0 Å². The molecule has 6 nitrogen and oxygen atoms in total. The molecule has 0 N–H and O–H groups in total. The van der Waals surface area contributed by atoms with E-state index >= 15 is 0 Å². The Bertz CT molecular complexity index is 1060. The largest absolute Gasteiger partial charge is 0.497 e. The van der Waals surface area contributed by atoms with Crippen molar-refractivity contribution in [3.05, 3.63) is 71.0 Å². The lowest BCUT2D eigenvalue weighted by molar-refractivity contribution is 0.110. The molecule has 1 saturated heterocycles. The van der Waals surface area contributed by atoms with Gasteiger partial charge < -0.3 is 9.30 Å². The molecule has 1 fully saturated rings. The van der Waals surface area contributed by atoms with Crippen LogP contribution in [0.25, 0.3) is 17.5 Å². The smallest absolute Gasteiger partial charge is 0.199 e. The molecule has 1 aliphatic rings. The maximum absolute atomic E-state index is 5.65. The van der Waals surface area contributed by atoms with Crippen LogP contribution in [0, 0.1) is 4.77 Å². The second-order valence-electron chi connectivity index (χ2n) is 7.77.